The van der Waals surface area contributed by atoms with E-state index in [0.717, 1.165) is 19.3 Å². The summed E-state index contributed by atoms with van der Waals surface area (Å²) in [4.78, 5) is 12.2. The van der Waals surface area contributed by atoms with Crippen LogP contribution in [0, 0.1) is 5.41 Å². The van der Waals surface area contributed by atoms with Gasteiger partial charge in [-0.1, -0.05) is 27.2 Å². The van der Waals surface area contributed by atoms with Gasteiger partial charge in [0.25, 0.3) is 0 Å². The largest absolute Gasteiger partial charge is 0.495 e. The second-order valence-corrected chi connectivity index (χ2v) is 8.94. The van der Waals surface area contributed by atoms with Crippen LogP contribution in [0.1, 0.15) is 40.0 Å². The molecule has 1 aliphatic rings. The lowest BCUT2D eigenvalue weighted by Crippen LogP contribution is -2.35. The molecule has 6 nitrogen and oxygen atoms in total. The van der Waals surface area contributed by atoms with Gasteiger partial charge in [0.2, 0.25) is 15.9 Å². The van der Waals surface area contributed by atoms with Gasteiger partial charge in [-0.2, -0.15) is 4.31 Å². The van der Waals surface area contributed by atoms with Crippen LogP contribution >= 0.6 is 0 Å². The Morgan fingerprint density at radius 1 is 1.17 bits per heavy atom. The molecule has 1 aliphatic heterocycles. The summed E-state index contributed by atoms with van der Waals surface area (Å²) in [5.74, 6) is 0.114. The second-order valence-electron chi connectivity index (χ2n) is 7.03. The van der Waals surface area contributed by atoms with E-state index in [4.69, 9.17) is 4.74 Å². The van der Waals surface area contributed by atoms with Crippen LogP contribution in [0.25, 0.3) is 0 Å². The first-order valence-corrected chi connectivity index (χ1v) is 9.60. The van der Waals surface area contributed by atoms with E-state index in [1.54, 1.807) is 32.9 Å². The van der Waals surface area contributed by atoms with Gasteiger partial charge in [-0.3, -0.25) is 4.79 Å². The topological polar surface area (TPSA) is 75.7 Å². The lowest BCUT2D eigenvalue weighted by molar-refractivity contribution is -0.123. The summed E-state index contributed by atoms with van der Waals surface area (Å²) >= 11 is 0. The van der Waals surface area contributed by atoms with Crippen molar-refractivity contribution in [2.45, 2.75) is 44.9 Å². The minimum absolute atomic E-state index is 0.0959. The number of hydrogen-bond acceptors (Lipinski definition) is 4. The van der Waals surface area contributed by atoms with E-state index in [1.807, 2.05) is 0 Å². The van der Waals surface area contributed by atoms with Crippen molar-refractivity contribution >= 4 is 21.6 Å². The number of piperidine rings is 1. The van der Waals surface area contributed by atoms with Crippen molar-refractivity contribution in [3.63, 3.8) is 0 Å². The summed E-state index contributed by atoms with van der Waals surface area (Å²) in [6, 6.07) is 4.71. The molecule has 1 fully saturated rings. The fourth-order valence-corrected chi connectivity index (χ4v) is 4.22. The SMILES string of the molecule is COc1ccc(NC(=O)C(C)(C)C)cc1S(=O)(=O)N1CCCCC1. The zero-order valence-corrected chi connectivity index (χ0v) is 15.6. The van der Waals surface area contributed by atoms with Crippen LogP contribution in [0.15, 0.2) is 23.1 Å². The Morgan fingerprint density at radius 3 is 2.33 bits per heavy atom. The van der Waals surface area contributed by atoms with Gasteiger partial charge in [-0.25, -0.2) is 8.42 Å². The van der Waals surface area contributed by atoms with Gasteiger partial charge in [-0.05, 0) is 31.0 Å². The maximum absolute atomic E-state index is 12.9. The van der Waals surface area contributed by atoms with E-state index in [-0.39, 0.29) is 16.6 Å². The third-order valence-electron chi connectivity index (χ3n) is 4.04. The van der Waals surface area contributed by atoms with Gasteiger partial charge >= 0.3 is 0 Å². The zero-order chi connectivity index (χ0) is 18.0. The first kappa shape index (κ1) is 18.7. The van der Waals surface area contributed by atoms with Crippen molar-refractivity contribution in [2.75, 3.05) is 25.5 Å². The molecular formula is C17H26N2O4S. The van der Waals surface area contributed by atoms with Gasteiger partial charge in [-0.15, -0.1) is 0 Å². The monoisotopic (exact) mass is 354 g/mol. The number of nitrogens with zero attached hydrogens (tertiary/aromatic N) is 1. The number of carbonyl (C=O) groups excluding carboxylic acids is 1. The van der Waals surface area contributed by atoms with E-state index in [9.17, 15) is 13.2 Å². The number of benzene rings is 1. The molecule has 134 valence electrons. The van der Waals surface area contributed by atoms with Crippen LogP contribution in [0.2, 0.25) is 0 Å². The molecule has 24 heavy (non-hydrogen) atoms. The van der Waals surface area contributed by atoms with Crippen LogP contribution in [-0.2, 0) is 14.8 Å². The number of amides is 1. The second kappa shape index (κ2) is 7.11. The predicted octanol–water partition coefficient (Wildman–Crippen LogP) is 2.85. The number of methoxy groups -OCH3 is 1. The van der Waals surface area contributed by atoms with E-state index >= 15 is 0 Å². The van der Waals surface area contributed by atoms with Crippen molar-refractivity contribution in [3.8, 4) is 5.75 Å². The smallest absolute Gasteiger partial charge is 0.246 e. The third kappa shape index (κ3) is 4.08. The molecule has 0 aliphatic carbocycles. The number of hydrogen-bond donors (Lipinski definition) is 1. The molecule has 0 spiro atoms. The highest BCUT2D eigenvalue weighted by Gasteiger charge is 2.29. The molecule has 0 aromatic heterocycles. The number of carbonyl (C=O) groups is 1. The summed E-state index contributed by atoms with van der Waals surface area (Å²) in [5.41, 5.74) is -0.113. The predicted molar refractivity (Wildman–Crippen MR) is 93.7 cm³/mol. The Labute approximate surface area is 144 Å². The van der Waals surface area contributed by atoms with E-state index in [1.165, 1.54) is 17.5 Å². The van der Waals surface area contributed by atoms with Crippen LogP contribution in [-0.4, -0.2) is 38.8 Å². The summed E-state index contributed by atoms with van der Waals surface area (Å²) in [5, 5.41) is 2.77. The first-order chi connectivity index (χ1) is 11.2. The molecule has 1 aromatic rings. The summed E-state index contributed by atoms with van der Waals surface area (Å²) in [7, 11) is -2.20. The number of sulfonamides is 1. The molecule has 0 saturated carbocycles. The Morgan fingerprint density at radius 2 is 1.79 bits per heavy atom. The van der Waals surface area contributed by atoms with E-state index in [0.29, 0.717) is 18.8 Å². The van der Waals surface area contributed by atoms with Crippen molar-refractivity contribution in [3.05, 3.63) is 18.2 Å². The normalized spacial score (nSPS) is 16.7. The maximum atomic E-state index is 12.9. The molecular weight excluding hydrogens is 328 g/mol. The van der Waals surface area contributed by atoms with Crippen molar-refractivity contribution in [1.29, 1.82) is 0 Å². The lowest BCUT2D eigenvalue weighted by Gasteiger charge is -2.27. The summed E-state index contributed by atoms with van der Waals surface area (Å²) in [6.45, 7) is 6.44. The maximum Gasteiger partial charge on any atom is 0.246 e. The molecule has 0 unspecified atom stereocenters. The van der Waals surface area contributed by atoms with E-state index < -0.39 is 15.4 Å². The number of rotatable bonds is 4. The molecule has 1 amide bonds. The molecule has 7 heteroatoms. The third-order valence-corrected chi connectivity index (χ3v) is 5.96. The lowest BCUT2D eigenvalue weighted by atomic mass is 9.95. The van der Waals surface area contributed by atoms with Crippen LogP contribution in [0.5, 0.6) is 5.75 Å². The average Bonchev–Trinajstić information content (AvgIpc) is 2.54. The van der Waals surface area contributed by atoms with Crippen LogP contribution in [0.3, 0.4) is 0 Å². The van der Waals surface area contributed by atoms with Gasteiger partial charge in [0.15, 0.2) is 0 Å². The van der Waals surface area contributed by atoms with Crippen LogP contribution < -0.4 is 10.1 Å². The minimum Gasteiger partial charge on any atom is -0.495 e. The van der Waals surface area contributed by atoms with Crippen molar-refractivity contribution < 1.29 is 17.9 Å². The summed E-state index contributed by atoms with van der Waals surface area (Å²) in [6.07, 6.45) is 2.77. The molecule has 0 radical (unpaired) electrons. The van der Waals surface area contributed by atoms with Crippen molar-refractivity contribution in [2.24, 2.45) is 5.41 Å². The molecule has 1 saturated heterocycles. The average molecular weight is 354 g/mol. The molecule has 2 rings (SSSR count). The molecule has 0 bridgehead atoms. The number of nitrogens with one attached hydrogen (secondary N) is 1. The zero-order valence-electron chi connectivity index (χ0n) is 14.8. The highest BCUT2D eigenvalue weighted by Crippen LogP contribution is 2.31. The van der Waals surface area contributed by atoms with Gasteiger partial charge < -0.3 is 10.1 Å². The fourth-order valence-electron chi connectivity index (χ4n) is 2.52. The molecule has 1 aromatic carbocycles. The summed E-state index contributed by atoms with van der Waals surface area (Å²) < 4.78 is 32.6. The quantitative estimate of drug-likeness (QED) is 0.902. The Kier molecular flexibility index (Phi) is 5.55. The van der Waals surface area contributed by atoms with Crippen LogP contribution in [0.4, 0.5) is 5.69 Å². The number of ether oxygens (including phenoxy) is 1. The highest BCUT2D eigenvalue weighted by atomic mass is 32.2. The fraction of sp³-hybridized carbons (Fsp3) is 0.588. The minimum atomic E-state index is -3.64. The Balaban J connectivity index is 2.37. The Bertz CT molecular complexity index is 702. The van der Waals surface area contributed by atoms with Gasteiger partial charge in [0, 0.05) is 24.2 Å². The Hall–Kier alpha value is -1.60. The van der Waals surface area contributed by atoms with Gasteiger partial charge in [0.1, 0.15) is 10.6 Å². The van der Waals surface area contributed by atoms with Crippen molar-refractivity contribution in [1.82, 2.24) is 4.31 Å². The number of anilines is 1. The highest BCUT2D eigenvalue weighted by molar-refractivity contribution is 7.89. The molecule has 1 heterocycles. The first-order valence-electron chi connectivity index (χ1n) is 8.16. The van der Waals surface area contributed by atoms with Gasteiger partial charge in [0.05, 0.1) is 7.11 Å². The molecule has 0 atom stereocenters. The molecule has 1 N–H and O–H groups in total. The van der Waals surface area contributed by atoms with E-state index in [2.05, 4.69) is 5.32 Å². The standard InChI is InChI=1S/C17H26N2O4S/c1-17(2,3)16(20)18-13-8-9-14(23-4)15(12-13)24(21,22)19-10-6-5-7-11-19/h8-9,12H,5-7,10-11H2,1-4H3,(H,18,20).